The molecule has 0 saturated carbocycles. The van der Waals surface area contributed by atoms with Crippen molar-refractivity contribution < 1.29 is 4.79 Å². The SMILES string of the molecule is N#C[C@H](Cc1ccc(-c2cc3ccccc3[nH]2)cc1)N1CCCCC1C(N)=O. The molecule has 1 aromatic heterocycles. The van der Waals surface area contributed by atoms with Crippen LogP contribution in [-0.4, -0.2) is 34.4 Å². The number of hydrogen-bond donors (Lipinski definition) is 2. The summed E-state index contributed by atoms with van der Waals surface area (Å²) in [5.41, 5.74) is 9.96. The van der Waals surface area contributed by atoms with Gasteiger partial charge in [0.15, 0.2) is 0 Å². The van der Waals surface area contributed by atoms with E-state index in [-0.39, 0.29) is 18.0 Å². The highest BCUT2D eigenvalue weighted by Gasteiger charge is 2.32. The van der Waals surface area contributed by atoms with Crippen molar-refractivity contribution in [3.05, 3.63) is 60.2 Å². The van der Waals surface area contributed by atoms with E-state index in [9.17, 15) is 10.1 Å². The summed E-state index contributed by atoms with van der Waals surface area (Å²) in [5, 5.41) is 10.9. The van der Waals surface area contributed by atoms with E-state index in [2.05, 4.69) is 53.5 Å². The minimum Gasteiger partial charge on any atom is -0.368 e. The number of carbonyl (C=O) groups is 1. The first kappa shape index (κ1) is 18.3. The summed E-state index contributed by atoms with van der Waals surface area (Å²) in [6.07, 6.45) is 3.32. The highest BCUT2D eigenvalue weighted by atomic mass is 16.1. The van der Waals surface area contributed by atoms with E-state index in [0.29, 0.717) is 6.42 Å². The van der Waals surface area contributed by atoms with Gasteiger partial charge in [0, 0.05) is 29.6 Å². The minimum atomic E-state index is -0.336. The van der Waals surface area contributed by atoms with E-state index in [0.717, 1.165) is 48.1 Å². The molecule has 2 heterocycles. The maximum absolute atomic E-state index is 11.8. The van der Waals surface area contributed by atoms with Crippen LogP contribution in [0.25, 0.3) is 22.2 Å². The second kappa shape index (κ2) is 7.87. The van der Waals surface area contributed by atoms with Crippen LogP contribution in [0, 0.1) is 11.3 Å². The normalized spacial score (nSPS) is 18.6. The number of piperidine rings is 1. The number of nitrogens with two attached hydrogens (primary N) is 1. The zero-order valence-corrected chi connectivity index (χ0v) is 15.8. The largest absolute Gasteiger partial charge is 0.368 e. The minimum absolute atomic E-state index is 0.325. The molecule has 1 aliphatic heterocycles. The predicted octanol–water partition coefficient (Wildman–Crippen LogP) is 3.61. The number of likely N-dealkylation sites (tertiary alicyclic amines) is 1. The Labute approximate surface area is 164 Å². The lowest BCUT2D eigenvalue weighted by Gasteiger charge is -2.36. The van der Waals surface area contributed by atoms with Gasteiger partial charge in [-0.1, -0.05) is 48.9 Å². The van der Waals surface area contributed by atoms with Gasteiger partial charge in [0.1, 0.15) is 6.04 Å². The Morgan fingerprint density at radius 1 is 1.21 bits per heavy atom. The topological polar surface area (TPSA) is 85.9 Å². The number of amides is 1. The van der Waals surface area contributed by atoms with E-state index in [1.807, 2.05) is 17.0 Å². The van der Waals surface area contributed by atoms with Gasteiger partial charge >= 0.3 is 0 Å². The number of nitriles is 1. The average molecular weight is 372 g/mol. The summed E-state index contributed by atoms with van der Waals surface area (Å²) in [6, 6.07) is 20.4. The zero-order chi connectivity index (χ0) is 19.5. The molecule has 0 spiro atoms. The quantitative estimate of drug-likeness (QED) is 0.717. The van der Waals surface area contributed by atoms with Gasteiger partial charge in [0.05, 0.1) is 12.1 Å². The molecule has 3 N–H and O–H groups in total. The molecule has 5 nitrogen and oxygen atoms in total. The van der Waals surface area contributed by atoms with Crippen molar-refractivity contribution in [3.63, 3.8) is 0 Å². The van der Waals surface area contributed by atoms with E-state index in [1.54, 1.807) is 0 Å². The first-order chi connectivity index (χ1) is 13.7. The highest BCUT2D eigenvalue weighted by Crippen LogP contribution is 2.26. The lowest BCUT2D eigenvalue weighted by Crippen LogP contribution is -2.52. The first-order valence-corrected chi connectivity index (χ1v) is 9.77. The number of aromatic amines is 1. The molecular formula is C23H24N4O. The van der Waals surface area contributed by atoms with Crippen molar-refractivity contribution in [1.82, 2.24) is 9.88 Å². The van der Waals surface area contributed by atoms with Crippen LogP contribution in [0.3, 0.4) is 0 Å². The second-order valence-electron chi connectivity index (χ2n) is 7.47. The molecule has 0 aliphatic carbocycles. The maximum atomic E-state index is 11.8. The van der Waals surface area contributed by atoms with Crippen molar-refractivity contribution in [2.45, 2.75) is 37.8 Å². The van der Waals surface area contributed by atoms with Crippen LogP contribution in [-0.2, 0) is 11.2 Å². The highest BCUT2D eigenvalue weighted by molar-refractivity contribution is 5.85. The summed E-state index contributed by atoms with van der Waals surface area (Å²) >= 11 is 0. The molecule has 0 radical (unpaired) electrons. The zero-order valence-electron chi connectivity index (χ0n) is 15.8. The Morgan fingerprint density at radius 2 is 2.00 bits per heavy atom. The number of hydrogen-bond acceptors (Lipinski definition) is 3. The summed E-state index contributed by atoms with van der Waals surface area (Å²) in [4.78, 5) is 17.2. The van der Waals surface area contributed by atoms with Gasteiger partial charge < -0.3 is 10.7 Å². The van der Waals surface area contributed by atoms with Crippen LogP contribution in [0.2, 0.25) is 0 Å². The van der Waals surface area contributed by atoms with Crippen LogP contribution in [0.4, 0.5) is 0 Å². The average Bonchev–Trinajstić information content (AvgIpc) is 3.16. The van der Waals surface area contributed by atoms with Crippen LogP contribution in [0.5, 0.6) is 0 Å². The standard InChI is InChI=1S/C23H24N4O/c24-15-19(27-12-4-3-7-22(27)23(25)28)13-16-8-10-17(11-9-16)21-14-18-5-1-2-6-20(18)26-21/h1-2,5-6,8-11,14,19,22,26H,3-4,7,12-13H2,(H2,25,28)/t19-,22?/m0/s1. The summed E-state index contributed by atoms with van der Waals surface area (Å²) < 4.78 is 0. The Balaban J connectivity index is 1.51. The van der Waals surface area contributed by atoms with Gasteiger partial charge in [-0.3, -0.25) is 9.69 Å². The van der Waals surface area contributed by atoms with Gasteiger partial charge in [0.25, 0.3) is 0 Å². The third-order valence-corrected chi connectivity index (χ3v) is 5.65. The molecule has 4 rings (SSSR count). The summed E-state index contributed by atoms with van der Waals surface area (Å²) in [5.74, 6) is -0.325. The molecular weight excluding hydrogens is 348 g/mol. The number of nitrogens with zero attached hydrogens (tertiary/aromatic N) is 2. The van der Waals surface area contributed by atoms with Crippen LogP contribution in [0.15, 0.2) is 54.6 Å². The molecule has 2 aromatic carbocycles. The van der Waals surface area contributed by atoms with Crippen LogP contribution < -0.4 is 5.73 Å². The number of H-pyrrole nitrogens is 1. The molecule has 142 valence electrons. The number of fused-ring (bicyclic) bond motifs is 1. The Kier molecular flexibility index (Phi) is 5.14. The van der Waals surface area contributed by atoms with E-state index >= 15 is 0 Å². The smallest absolute Gasteiger partial charge is 0.234 e. The van der Waals surface area contributed by atoms with E-state index in [1.165, 1.54) is 5.39 Å². The van der Waals surface area contributed by atoms with Crippen LogP contribution >= 0.6 is 0 Å². The molecule has 0 bridgehead atoms. The number of benzene rings is 2. The van der Waals surface area contributed by atoms with Crippen molar-refractivity contribution in [2.75, 3.05) is 6.54 Å². The molecule has 1 unspecified atom stereocenters. The number of rotatable bonds is 5. The van der Waals surface area contributed by atoms with Crippen molar-refractivity contribution in [1.29, 1.82) is 5.26 Å². The molecule has 1 fully saturated rings. The van der Waals surface area contributed by atoms with Gasteiger partial charge in [-0.2, -0.15) is 5.26 Å². The predicted molar refractivity (Wildman–Crippen MR) is 110 cm³/mol. The third kappa shape index (κ3) is 3.64. The number of nitrogens with one attached hydrogen (secondary N) is 1. The van der Waals surface area contributed by atoms with Crippen molar-refractivity contribution in [2.24, 2.45) is 5.73 Å². The Morgan fingerprint density at radius 3 is 2.71 bits per heavy atom. The third-order valence-electron chi connectivity index (χ3n) is 5.65. The number of para-hydroxylation sites is 1. The molecule has 1 saturated heterocycles. The molecule has 3 aromatic rings. The summed E-state index contributed by atoms with van der Waals surface area (Å²) in [6.45, 7) is 0.749. The molecule has 1 aliphatic rings. The van der Waals surface area contributed by atoms with Gasteiger partial charge in [0.2, 0.25) is 5.91 Å². The van der Waals surface area contributed by atoms with Gasteiger partial charge in [-0.15, -0.1) is 0 Å². The fourth-order valence-electron chi connectivity index (χ4n) is 4.14. The second-order valence-corrected chi connectivity index (χ2v) is 7.47. The molecule has 1 amide bonds. The van der Waals surface area contributed by atoms with Crippen LogP contribution in [0.1, 0.15) is 24.8 Å². The van der Waals surface area contributed by atoms with Crippen molar-refractivity contribution >= 4 is 16.8 Å². The molecule has 5 heteroatoms. The number of carbonyl (C=O) groups excluding carboxylic acids is 1. The molecule has 2 atom stereocenters. The summed E-state index contributed by atoms with van der Waals surface area (Å²) in [7, 11) is 0. The number of primary amides is 1. The monoisotopic (exact) mass is 372 g/mol. The fourth-order valence-corrected chi connectivity index (χ4v) is 4.14. The molecule has 28 heavy (non-hydrogen) atoms. The van der Waals surface area contributed by atoms with Gasteiger partial charge in [-0.05, 0) is 36.1 Å². The Bertz CT molecular complexity index is 982. The Hall–Kier alpha value is -3.10. The van der Waals surface area contributed by atoms with E-state index in [4.69, 9.17) is 5.73 Å². The number of aromatic nitrogens is 1. The van der Waals surface area contributed by atoms with E-state index < -0.39 is 0 Å². The van der Waals surface area contributed by atoms with Crippen molar-refractivity contribution in [3.8, 4) is 17.3 Å². The van der Waals surface area contributed by atoms with Gasteiger partial charge in [-0.25, -0.2) is 0 Å². The lowest BCUT2D eigenvalue weighted by molar-refractivity contribution is -0.125. The lowest BCUT2D eigenvalue weighted by atomic mass is 9.96. The first-order valence-electron chi connectivity index (χ1n) is 9.77. The fraction of sp³-hybridized carbons (Fsp3) is 0.304. The maximum Gasteiger partial charge on any atom is 0.234 e.